The molecule has 0 atom stereocenters. The Balaban J connectivity index is 2.02. The molecule has 0 spiro atoms. The lowest BCUT2D eigenvalue weighted by molar-refractivity contribution is -0.122. The zero-order valence-electron chi connectivity index (χ0n) is 14.3. The number of carbonyl (C=O) groups is 1. The average molecular weight is 319 g/mol. The maximum Gasteiger partial charge on any atom is 0.261 e. The van der Waals surface area contributed by atoms with Crippen molar-refractivity contribution in [1.82, 2.24) is 15.3 Å². The van der Waals surface area contributed by atoms with Crippen LogP contribution in [0.5, 0.6) is 11.5 Å². The minimum atomic E-state index is -0.0793. The Morgan fingerprint density at radius 2 is 1.78 bits per heavy atom. The van der Waals surface area contributed by atoms with Crippen LogP contribution < -0.4 is 14.9 Å². The summed E-state index contributed by atoms with van der Waals surface area (Å²) < 4.78 is 10.5. The SMILES string of the molecule is COc1ccc(/C=C(\C)C(=O)NN2CCN(C)CC2)cc1OC. The lowest BCUT2D eigenvalue weighted by atomic mass is 10.1. The number of rotatable bonds is 5. The molecule has 0 bridgehead atoms. The Morgan fingerprint density at radius 3 is 2.39 bits per heavy atom. The van der Waals surface area contributed by atoms with E-state index >= 15 is 0 Å². The summed E-state index contributed by atoms with van der Waals surface area (Å²) in [6.45, 7) is 5.40. The molecule has 0 aromatic heterocycles. The number of benzene rings is 1. The fraction of sp³-hybridized carbons (Fsp3) is 0.471. The van der Waals surface area contributed by atoms with E-state index in [0.29, 0.717) is 17.1 Å². The third kappa shape index (κ3) is 4.71. The molecule has 1 aliphatic heterocycles. The molecule has 1 fully saturated rings. The highest BCUT2D eigenvalue weighted by Crippen LogP contribution is 2.28. The van der Waals surface area contributed by atoms with Gasteiger partial charge in [-0.25, -0.2) is 5.01 Å². The lowest BCUT2D eigenvalue weighted by Gasteiger charge is -2.32. The number of hydrogen-bond donors (Lipinski definition) is 1. The number of carbonyl (C=O) groups excluding carboxylic acids is 1. The van der Waals surface area contributed by atoms with E-state index in [1.807, 2.05) is 36.2 Å². The minimum absolute atomic E-state index is 0.0793. The first kappa shape index (κ1) is 17.3. The van der Waals surface area contributed by atoms with E-state index in [4.69, 9.17) is 9.47 Å². The van der Waals surface area contributed by atoms with E-state index in [9.17, 15) is 4.79 Å². The van der Waals surface area contributed by atoms with Crippen LogP contribution in [0.15, 0.2) is 23.8 Å². The second-order valence-corrected chi connectivity index (χ2v) is 5.67. The number of ether oxygens (including phenoxy) is 2. The maximum absolute atomic E-state index is 12.3. The van der Waals surface area contributed by atoms with E-state index in [0.717, 1.165) is 31.7 Å². The molecule has 0 radical (unpaired) electrons. The summed E-state index contributed by atoms with van der Waals surface area (Å²) in [5, 5.41) is 1.97. The molecular weight excluding hydrogens is 294 g/mol. The summed E-state index contributed by atoms with van der Waals surface area (Å²) in [5.74, 6) is 1.24. The molecule has 6 nitrogen and oxygen atoms in total. The first-order valence-electron chi connectivity index (χ1n) is 7.68. The van der Waals surface area contributed by atoms with Crippen LogP contribution in [0.4, 0.5) is 0 Å². The standard InChI is InChI=1S/C17H25N3O3/c1-13(17(21)18-20-9-7-19(2)8-10-20)11-14-5-6-15(22-3)16(12-14)23-4/h5-6,11-12H,7-10H2,1-4H3,(H,18,21)/b13-11+. The molecule has 1 amide bonds. The number of nitrogens with zero attached hydrogens (tertiary/aromatic N) is 2. The van der Waals surface area contributed by atoms with Gasteiger partial charge in [-0.1, -0.05) is 6.07 Å². The number of nitrogens with one attached hydrogen (secondary N) is 1. The van der Waals surface area contributed by atoms with Gasteiger partial charge in [-0.15, -0.1) is 0 Å². The Kier molecular flexibility index (Phi) is 6.01. The van der Waals surface area contributed by atoms with Crippen LogP contribution in [0.3, 0.4) is 0 Å². The highest BCUT2D eigenvalue weighted by Gasteiger charge is 2.16. The van der Waals surface area contributed by atoms with Gasteiger partial charge in [0.25, 0.3) is 5.91 Å². The van der Waals surface area contributed by atoms with Gasteiger partial charge in [0.1, 0.15) is 0 Å². The predicted octanol–water partition coefficient (Wildman–Crippen LogP) is 1.39. The number of methoxy groups -OCH3 is 2. The number of hydrogen-bond acceptors (Lipinski definition) is 5. The monoisotopic (exact) mass is 319 g/mol. The first-order chi connectivity index (χ1) is 11.0. The van der Waals surface area contributed by atoms with Crippen molar-refractivity contribution in [3.8, 4) is 11.5 Å². The summed E-state index contributed by atoms with van der Waals surface area (Å²) in [4.78, 5) is 14.5. The van der Waals surface area contributed by atoms with Crippen LogP contribution in [0.2, 0.25) is 0 Å². The summed E-state index contributed by atoms with van der Waals surface area (Å²) >= 11 is 0. The lowest BCUT2D eigenvalue weighted by Crippen LogP contribution is -2.52. The number of amides is 1. The van der Waals surface area contributed by atoms with E-state index in [2.05, 4.69) is 17.4 Å². The van der Waals surface area contributed by atoms with Gasteiger partial charge in [-0.3, -0.25) is 10.2 Å². The highest BCUT2D eigenvalue weighted by atomic mass is 16.5. The van der Waals surface area contributed by atoms with Gasteiger partial charge >= 0.3 is 0 Å². The number of likely N-dealkylation sites (N-methyl/N-ethyl adjacent to an activating group) is 1. The first-order valence-corrected chi connectivity index (χ1v) is 7.68. The van der Waals surface area contributed by atoms with E-state index < -0.39 is 0 Å². The van der Waals surface area contributed by atoms with Crippen molar-refractivity contribution in [3.05, 3.63) is 29.3 Å². The molecule has 126 valence electrons. The number of hydrazine groups is 1. The molecule has 0 aliphatic carbocycles. The average Bonchev–Trinajstić information content (AvgIpc) is 2.56. The predicted molar refractivity (Wildman–Crippen MR) is 90.4 cm³/mol. The van der Waals surface area contributed by atoms with Gasteiger partial charge < -0.3 is 14.4 Å². The quantitative estimate of drug-likeness (QED) is 0.831. The van der Waals surface area contributed by atoms with Crippen molar-refractivity contribution in [2.45, 2.75) is 6.92 Å². The molecule has 6 heteroatoms. The fourth-order valence-corrected chi connectivity index (χ4v) is 2.41. The normalized spacial score (nSPS) is 17.0. The second-order valence-electron chi connectivity index (χ2n) is 5.67. The molecule has 1 aromatic carbocycles. The molecule has 0 unspecified atom stereocenters. The molecule has 2 rings (SSSR count). The molecule has 0 saturated carbocycles. The van der Waals surface area contributed by atoms with Crippen LogP contribution in [0, 0.1) is 0 Å². The maximum atomic E-state index is 12.3. The topological polar surface area (TPSA) is 54.0 Å². The van der Waals surface area contributed by atoms with Gasteiger partial charge in [-0.05, 0) is 37.7 Å². The van der Waals surface area contributed by atoms with Crippen LogP contribution in [0.25, 0.3) is 6.08 Å². The smallest absolute Gasteiger partial charge is 0.261 e. The van der Waals surface area contributed by atoms with Crippen molar-refractivity contribution >= 4 is 12.0 Å². The van der Waals surface area contributed by atoms with E-state index in [1.54, 1.807) is 14.2 Å². The van der Waals surface area contributed by atoms with Gasteiger partial charge in [0, 0.05) is 31.8 Å². The Hall–Kier alpha value is -2.05. The van der Waals surface area contributed by atoms with Crippen molar-refractivity contribution in [3.63, 3.8) is 0 Å². The van der Waals surface area contributed by atoms with Crippen molar-refractivity contribution in [1.29, 1.82) is 0 Å². The Labute approximate surface area is 137 Å². The van der Waals surface area contributed by atoms with E-state index in [1.165, 1.54) is 0 Å². The molecule has 1 aromatic rings. The second kappa shape index (κ2) is 7.99. The Bertz CT molecular complexity index is 578. The van der Waals surface area contributed by atoms with Gasteiger partial charge in [-0.2, -0.15) is 0 Å². The fourth-order valence-electron chi connectivity index (χ4n) is 2.41. The van der Waals surface area contributed by atoms with Crippen LogP contribution in [-0.2, 0) is 4.79 Å². The van der Waals surface area contributed by atoms with Crippen molar-refractivity contribution in [2.75, 3.05) is 47.4 Å². The van der Waals surface area contributed by atoms with Gasteiger partial charge in [0.15, 0.2) is 11.5 Å². The third-order valence-corrected chi connectivity index (χ3v) is 3.91. The van der Waals surface area contributed by atoms with Crippen molar-refractivity contribution < 1.29 is 14.3 Å². The summed E-state index contributed by atoms with van der Waals surface area (Å²) in [6.07, 6.45) is 1.84. The summed E-state index contributed by atoms with van der Waals surface area (Å²) in [5.41, 5.74) is 4.50. The van der Waals surface area contributed by atoms with Crippen molar-refractivity contribution in [2.24, 2.45) is 0 Å². The van der Waals surface area contributed by atoms with Crippen LogP contribution >= 0.6 is 0 Å². The molecule has 1 aliphatic rings. The molecule has 1 saturated heterocycles. The molecule has 1 N–H and O–H groups in total. The van der Waals surface area contributed by atoms with Gasteiger partial charge in [0.05, 0.1) is 14.2 Å². The number of piperazine rings is 1. The zero-order valence-corrected chi connectivity index (χ0v) is 14.3. The third-order valence-electron chi connectivity index (χ3n) is 3.91. The zero-order chi connectivity index (χ0) is 16.8. The molecular formula is C17H25N3O3. The van der Waals surface area contributed by atoms with Crippen LogP contribution in [0.1, 0.15) is 12.5 Å². The molecule has 1 heterocycles. The Morgan fingerprint density at radius 1 is 1.13 bits per heavy atom. The highest BCUT2D eigenvalue weighted by molar-refractivity contribution is 5.97. The summed E-state index contributed by atoms with van der Waals surface area (Å²) in [7, 11) is 5.28. The largest absolute Gasteiger partial charge is 0.493 e. The summed E-state index contributed by atoms with van der Waals surface area (Å²) in [6, 6.07) is 5.58. The van der Waals surface area contributed by atoms with Gasteiger partial charge in [0.2, 0.25) is 0 Å². The minimum Gasteiger partial charge on any atom is -0.493 e. The molecule has 23 heavy (non-hydrogen) atoms. The van der Waals surface area contributed by atoms with Crippen LogP contribution in [-0.4, -0.2) is 63.3 Å². The van der Waals surface area contributed by atoms with E-state index in [-0.39, 0.29) is 5.91 Å².